The minimum Gasteiger partial charge on any atom is -0.301 e. The second kappa shape index (κ2) is 5.06. The maximum Gasteiger partial charge on any atom is 0.273 e. The molecule has 2 aromatic rings. The van der Waals surface area contributed by atoms with E-state index < -0.39 is 10.0 Å². The van der Waals surface area contributed by atoms with Crippen LogP contribution in [0.25, 0.3) is 0 Å². The SMILES string of the molecule is CCn1c(Cc2ccccc2F)nnc1S(N)(=O)=O. The molecule has 1 heterocycles. The third-order valence-corrected chi connectivity index (χ3v) is 3.48. The van der Waals surface area contributed by atoms with Gasteiger partial charge in [0.1, 0.15) is 11.6 Å². The molecule has 2 N–H and O–H groups in total. The third-order valence-electron chi connectivity index (χ3n) is 2.67. The summed E-state index contributed by atoms with van der Waals surface area (Å²) >= 11 is 0. The summed E-state index contributed by atoms with van der Waals surface area (Å²) in [4.78, 5) is 0. The Balaban J connectivity index is 2.43. The van der Waals surface area contributed by atoms with Crippen LogP contribution in [-0.4, -0.2) is 23.2 Å². The highest BCUT2D eigenvalue weighted by Crippen LogP contribution is 2.14. The van der Waals surface area contributed by atoms with Gasteiger partial charge in [-0.2, -0.15) is 0 Å². The number of primary sulfonamides is 1. The summed E-state index contributed by atoms with van der Waals surface area (Å²) in [6, 6.07) is 6.23. The van der Waals surface area contributed by atoms with Gasteiger partial charge in [0.15, 0.2) is 0 Å². The van der Waals surface area contributed by atoms with Crippen molar-refractivity contribution in [3.8, 4) is 0 Å². The quantitative estimate of drug-likeness (QED) is 0.893. The summed E-state index contributed by atoms with van der Waals surface area (Å²) in [5.41, 5.74) is 0.422. The van der Waals surface area contributed by atoms with Gasteiger partial charge in [-0.05, 0) is 18.6 Å². The first kappa shape index (κ1) is 13.6. The fourth-order valence-electron chi connectivity index (χ4n) is 1.79. The maximum absolute atomic E-state index is 13.6. The highest BCUT2D eigenvalue weighted by atomic mass is 32.2. The standard InChI is InChI=1S/C11H13FN4O2S/c1-2-16-10(14-15-11(16)19(13,17)18)7-8-5-3-4-6-9(8)12/h3-6H,2,7H2,1H3,(H2,13,17,18). The molecule has 0 aliphatic carbocycles. The summed E-state index contributed by atoms with van der Waals surface area (Å²) in [5, 5.41) is 12.1. The molecule has 8 heteroatoms. The molecule has 19 heavy (non-hydrogen) atoms. The number of nitrogens with two attached hydrogens (primary N) is 1. The van der Waals surface area contributed by atoms with Crippen molar-refractivity contribution in [2.24, 2.45) is 5.14 Å². The van der Waals surface area contributed by atoms with Crippen LogP contribution in [0.4, 0.5) is 4.39 Å². The minimum atomic E-state index is -3.93. The van der Waals surface area contributed by atoms with Crippen LogP contribution in [0.2, 0.25) is 0 Å². The van der Waals surface area contributed by atoms with Gasteiger partial charge in [-0.3, -0.25) is 0 Å². The molecule has 1 aromatic carbocycles. The number of halogens is 1. The average Bonchev–Trinajstić information content (AvgIpc) is 2.74. The molecule has 0 spiro atoms. The zero-order valence-electron chi connectivity index (χ0n) is 10.2. The van der Waals surface area contributed by atoms with Gasteiger partial charge in [0, 0.05) is 13.0 Å². The summed E-state index contributed by atoms with van der Waals surface area (Å²) in [5.74, 6) is -0.0121. The smallest absolute Gasteiger partial charge is 0.273 e. The summed E-state index contributed by atoms with van der Waals surface area (Å²) in [6.45, 7) is 2.07. The van der Waals surface area contributed by atoms with E-state index in [0.717, 1.165) is 0 Å². The van der Waals surface area contributed by atoms with E-state index in [9.17, 15) is 12.8 Å². The van der Waals surface area contributed by atoms with E-state index in [1.807, 2.05) is 0 Å². The van der Waals surface area contributed by atoms with Crippen molar-refractivity contribution in [3.05, 3.63) is 41.5 Å². The van der Waals surface area contributed by atoms with Gasteiger partial charge in [0.25, 0.3) is 15.2 Å². The molecule has 102 valence electrons. The highest BCUT2D eigenvalue weighted by molar-refractivity contribution is 7.89. The van der Waals surface area contributed by atoms with Crippen LogP contribution < -0.4 is 5.14 Å². The predicted octanol–water partition coefficient (Wildman–Crippen LogP) is 0.675. The number of aromatic nitrogens is 3. The monoisotopic (exact) mass is 284 g/mol. The van der Waals surface area contributed by atoms with E-state index >= 15 is 0 Å². The van der Waals surface area contributed by atoms with Gasteiger partial charge in [-0.15, -0.1) is 10.2 Å². The number of sulfonamides is 1. The highest BCUT2D eigenvalue weighted by Gasteiger charge is 2.20. The Hall–Kier alpha value is -1.80. The Labute approximate surface area is 110 Å². The zero-order valence-corrected chi connectivity index (χ0v) is 11.1. The van der Waals surface area contributed by atoms with E-state index in [1.54, 1.807) is 25.1 Å². The van der Waals surface area contributed by atoms with Crippen LogP contribution in [0.5, 0.6) is 0 Å². The van der Waals surface area contributed by atoms with Crippen LogP contribution >= 0.6 is 0 Å². The van der Waals surface area contributed by atoms with Gasteiger partial charge in [0.05, 0.1) is 0 Å². The molecule has 0 aliphatic heterocycles. The van der Waals surface area contributed by atoms with Gasteiger partial charge in [-0.25, -0.2) is 17.9 Å². The van der Waals surface area contributed by atoms with E-state index in [0.29, 0.717) is 17.9 Å². The van der Waals surface area contributed by atoms with Crippen LogP contribution in [0.1, 0.15) is 18.3 Å². The molecule has 2 rings (SSSR count). The Kier molecular flexibility index (Phi) is 3.63. The van der Waals surface area contributed by atoms with E-state index in [1.165, 1.54) is 10.6 Å². The number of rotatable bonds is 4. The van der Waals surface area contributed by atoms with Crippen molar-refractivity contribution in [2.45, 2.75) is 25.0 Å². The van der Waals surface area contributed by atoms with E-state index in [2.05, 4.69) is 10.2 Å². The summed E-state index contributed by atoms with van der Waals surface area (Å²) in [6.07, 6.45) is 0.156. The van der Waals surface area contributed by atoms with Crippen molar-refractivity contribution in [2.75, 3.05) is 0 Å². The van der Waals surface area contributed by atoms with Crippen LogP contribution in [0.3, 0.4) is 0 Å². The molecule has 0 bridgehead atoms. The van der Waals surface area contributed by atoms with Crippen molar-refractivity contribution < 1.29 is 12.8 Å². The predicted molar refractivity (Wildman–Crippen MR) is 66.3 cm³/mol. The molecular formula is C11H13FN4O2S. The molecule has 0 amide bonds. The van der Waals surface area contributed by atoms with Gasteiger partial charge in [0.2, 0.25) is 0 Å². The Bertz CT molecular complexity index is 696. The van der Waals surface area contributed by atoms with Crippen molar-refractivity contribution in [1.29, 1.82) is 0 Å². The van der Waals surface area contributed by atoms with Gasteiger partial charge in [-0.1, -0.05) is 18.2 Å². The number of hydrogen-bond acceptors (Lipinski definition) is 4. The fourth-order valence-corrected chi connectivity index (χ4v) is 2.49. The third kappa shape index (κ3) is 2.79. The lowest BCUT2D eigenvalue weighted by Gasteiger charge is -2.06. The van der Waals surface area contributed by atoms with Crippen LogP contribution in [0.15, 0.2) is 29.4 Å². The Morgan fingerprint density at radius 1 is 1.32 bits per heavy atom. The first-order valence-corrected chi connectivity index (χ1v) is 7.16. The molecule has 0 saturated carbocycles. The molecule has 0 aliphatic rings. The first-order valence-electron chi connectivity index (χ1n) is 5.61. The molecule has 0 unspecified atom stereocenters. The van der Waals surface area contributed by atoms with Crippen molar-refractivity contribution >= 4 is 10.0 Å². The summed E-state index contributed by atoms with van der Waals surface area (Å²) in [7, 11) is -3.93. The van der Waals surface area contributed by atoms with Crippen LogP contribution in [-0.2, 0) is 23.0 Å². The molecule has 0 atom stereocenters. The van der Waals surface area contributed by atoms with Crippen molar-refractivity contribution in [1.82, 2.24) is 14.8 Å². The summed E-state index contributed by atoms with van der Waals surface area (Å²) < 4.78 is 37.6. The molecule has 0 fully saturated rings. The largest absolute Gasteiger partial charge is 0.301 e. The lowest BCUT2D eigenvalue weighted by atomic mass is 10.1. The average molecular weight is 284 g/mol. The number of benzene rings is 1. The van der Waals surface area contributed by atoms with Crippen LogP contribution in [0, 0.1) is 5.82 Å². The lowest BCUT2D eigenvalue weighted by Crippen LogP contribution is -2.19. The fraction of sp³-hybridized carbons (Fsp3) is 0.273. The minimum absolute atomic E-state index is 0.156. The zero-order chi connectivity index (χ0) is 14.0. The second-order valence-electron chi connectivity index (χ2n) is 3.96. The maximum atomic E-state index is 13.6. The van der Waals surface area contributed by atoms with Crippen molar-refractivity contribution in [3.63, 3.8) is 0 Å². The number of hydrogen-bond donors (Lipinski definition) is 1. The first-order chi connectivity index (χ1) is 8.93. The molecular weight excluding hydrogens is 271 g/mol. The lowest BCUT2D eigenvalue weighted by molar-refractivity contribution is 0.563. The molecule has 0 saturated heterocycles. The van der Waals surface area contributed by atoms with Gasteiger partial charge >= 0.3 is 0 Å². The topological polar surface area (TPSA) is 90.9 Å². The second-order valence-corrected chi connectivity index (χ2v) is 5.41. The molecule has 1 aromatic heterocycles. The normalized spacial score (nSPS) is 11.7. The van der Waals surface area contributed by atoms with E-state index in [4.69, 9.17) is 5.14 Å². The van der Waals surface area contributed by atoms with Gasteiger partial charge < -0.3 is 4.57 Å². The molecule has 6 nitrogen and oxygen atoms in total. The Morgan fingerprint density at radius 2 is 2.00 bits per heavy atom. The Morgan fingerprint density at radius 3 is 2.58 bits per heavy atom. The molecule has 0 radical (unpaired) electrons. The van der Waals surface area contributed by atoms with E-state index in [-0.39, 0.29) is 17.4 Å². The number of nitrogens with zero attached hydrogens (tertiary/aromatic N) is 3.